The monoisotopic (exact) mass is 303 g/mol. The van der Waals surface area contributed by atoms with E-state index in [-0.39, 0.29) is 6.61 Å². The van der Waals surface area contributed by atoms with Gasteiger partial charge in [-0.1, -0.05) is 23.7 Å². The molecule has 0 unspecified atom stereocenters. The van der Waals surface area contributed by atoms with Crippen molar-refractivity contribution in [3.8, 4) is 5.75 Å². The van der Waals surface area contributed by atoms with Crippen molar-refractivity contribution in [3.05, 3.63) is 64.8 Å². The number of aliphatic hydroxyl groups excluding tert-OH is 1. The van der Waals surface area contributed by atoms with Gasteiger partial charge < -0.3 is 15.2 Å². The Morgan fingerprint density at radius 1 is 1.24 bits per heavy atom. The maximum atomic E-state index is 9.53. The summed E-state index contributed by atoms with van der Waals surface area (Å²) in [5.41, 5.74) is 3.69. The van der Waals surface area contributed by atoms with Crippen LogP contribution in [0.15, 0.2) is 48.7 Å². The summed E-state index contributed by atoms with van der Waals surface area (Å²) in [5, 5.41) is 13.4. The second-order valence-corrected chi connectivity index (χ2v) is 5.15. The molecule has 0 radical (unpaired) electrons. The average Bonchev–Trinajstić information content (AvgIpc) is 2.47. The van der Waals surface area contributed by atoms with Gasteiger partial charge in [0.15, 0.2) is 0 Å². The van der Waals surface area contributed by atoms with Crippen LogP contribution < -0.4 is 10.1 Å². The molecule has 0 bridgehead atoms. The predicted octanol–water partition coefficient (Wildman–Crippen LogP) is 4.10. The minimum atomic E-state index is -0.0567. The topological polar surface area (TPSA) is 41.5 Å². The van der Waals surface area contributed by atoms with Crippen LogP contribution in [0, 0.1) is 6.92 Å². The van der Waals surface area contributed by atoms with Crippen molar-refractivity contribution in [2.24, 2.45) is 0 Å². The number of rotatable bonds is 5. The highest BCUT2D eigenvalue weighted by molar-refractivity contribution is 6.30. The van der Waals surface area contributed by atoms with Crippen molar-refractivity contribution in [1.29, 1.82) is 0 Å². The fourth-order valence-electron chi connectivity index (χ4n) is 2.02. The number of anilines is 1. The van der Waals surface area contributed by atoms with Gasteiger partial charge in [-0.3, -0.25) is 0 Å². The number of ether oxygens (including phenoxy) is 1. The van der Waals surface area contributed by atoms with E-state index in [0.717, 1.165) is 28.1 Å². The van der Waals surface area contributed by atoms with Crippen LogP contribution in [-0.4, -0.2) is 18.8 Å². The first-order chi connectivity index (χ1) is 10.1. The standard InChI is InChI=1S/C17H18ClNO2/c1-12-7-15(18)9-16(8-12)19-10-14(11-20)13-3-5-17(21-2)6-4-13/h3-10,19-20H,11H2,1-2H3/b14-10+. The first-order valence-corrected chi connectivity index (χ1v) is 6.98. The van der Waals surface area contributed by atoms with Crippen LogP contribution in [0.1, 0.15) is 11.1 Å². The highest BCUT2D eigenvalue weighted by Crippen LogP contribution is 2.21. The van der Waals surface area contributed by atoms with Gasteiger partial charge in [-0.15, -0.1) is 0 Å². The number of methoxy groups -OCH3 is 1. The smallest absolute Gasteiger partial charge is 0.118 e. The normalized spacial score (nSPS) is 11.3. The Balaban J connectivity index is 2.19. The van der Waals surface area contributed by atoms with Crippen molar-refractivity contribution in [2.45, 2.75) is 6.92 Å². The summed E-state index contributed by atoms with van der Waals surface area (Å²) >= 11 is 6.03. The molecule has 3 nitrogen and oxygen atoms in total. The lowest BCUT2D eigenvalue weighted by Crippen LogP contribution is -1.96. The predicted molar refractivity (Wildman–Crippen MR) is 87.9 cm³/mol. The number of aliphatic hydroxyl groups is 1. The molecule has 0 fully saturated rings. The van der Waals surface area contributed by atoms with Crippen LogP contribution >= 0.6 is 11.6 Å². The summed E-state index contributed by atoms with van der Waals surface area (Å²) in [6.45, 7) is 1.93. The van der Waals surface area contributed by atoms with Gasteiger partial charge >= 0.3 is 0 Å². The molecule has 2 aromatic carbocycles. The number of halogens is 1. The molecule has 2 rings (SSSR count). The molecule has 110 valence electrons. The first-order valence-electron chi connectivity index (χ1n) is 6.60. The van der Waals surface area contributed by atoms with Gasteiger partial charge in [-0.2, -0.15) is 0 Å². The molecule has 4 heteroatoms. The van der Waals surface area contributed by atoms with Gasteiger partial charge in [0.05, 0.1) is 13.7 Å². The molecule has 0 saturated heterocycles. The molecule has 0 amide bonds. The second kappa shape index (κ2) is 7.16. The summed E-state index contributed by atoms with van der Waals surface area (Å²) in [4.78, 5) is 0. The Kier molecular flexibility index (Phi) is 5.26. The molecule has 0 aliphatic heterocycles. The van der Waals surface area contributed by atoms with E-state index in [2.05, 4.69) is 5.32 Å². The van der Waals surface area contributed by atoms with E-state index < -0.39 is 0 Å². The zero-order valence-corrected chi connectivity index (χ0v) is 12.8. The summed E-state index contributed by atoms with van der Waals surface area (Å²) < 4.78 is 5.13. The Bertz CT molecular complexity index is 615. The third kappa shape index (κ3) is 4.25. The van der Waals surface area contributed by atoms with E-state index in [0.29, 0.717) is 5.02 Å². The average molecular weight is 304 g/mol. The zero-order chi connectivity index (χ0) is 15.2. The van der Waals surface area contributed by atoms with Crippen LogP contribution in [0.4, 0.5) is 5.69 Å². The lowest BCUT2D eigenvalue weighted by atomic mass is 10.1. The van der Waals surface area contributed by atoms with E-state index in [9.17, 15) is 5.11 Å². The molecule has 2 N–H and O–H groups in total. The van der Waals surface area contributed by atoms with Crippen LogP contribution in [0.5, 0.6) is 5.75 Å². The van der Waals surface area contributed by atoms with Gasteiger partial charge in [0.25, 0.3) is 0 Å². The molecule has 0 aromatic heterocycles. The lowest BCUT2D eigenvalue weighted by molar-refractivity contribution is 0.350. The van der Waals surface area contributed by atoms with Crippen molar-refractivity contribution in [1.82, 2.24) is 0 Å². The van der Waals surface area contributed by atoms with Crippen LogP contribution in [0.3, 0.4) is 0 Å². The minimum absolute atomic E-state index is 0.0567. The van der Waals surface area contributed by atoms with Gasteiger partial charge in [0, 0.05) is 22.5 Å². The molecular weight excluding hydrogens is 286 g/mol. The molecule has 0 heterocycles. The second-order valence-electron chi connectivity index (χ2n) is 4.72. The zero-order valence-electron chi connectivity index (χ0n) is 12.1. The fraction of sp³-hybridized carbons (Fsp3) is 0.176. The summed E-state index contributed by atoms with van der Waals surface area (Å²) in [6.07, 6.45) is 1.78. The number of hydrogen-bond acceptors (Lipinski definition) is 3. The van der Waals surface area contributed by atoms with Gasteiger partial charge in [-0.25, -0.2) is 0 Å². The Morgan fingerprint density at radius 3 is 2.52 bits per heavy atom. The van der Waals surface area contributed by atoms with Crippen molar-refractivity contribution < 1.29 is 9.84 Å². The Morgan fingerprint density at radius 2 is 1.95 bits per heavy atom. The van der Waals surface area contributed by atoms with Crippen molar-refractivity contribution in [2.75, 3.05) is 19.0 Å². The van der Waals surface area contributed by atoms with E-state index >= 15 is 0 Å². The molecule has 0 saturated carbocycles. The molecule has 0 spiro atoms. The molecule has 2 aromatic rings. The molecule has 0 aliphatic carbocycles. The third-order valence-corrected chi connectivity index (χ3v) is 3.30. The van der Waals surface area contributed by atoms with Gasteiger partial charge in [0.1, 0.15) is 5.75 Å². The van der Waals surface area contributed by atoms with E-state index in [1.165, 1.54) is 0 Å². The Labute approximate surface area is 129 Å². The van der Waals surface area contributed by atoms with Gasteiger partial charge in [-0.05, 0) is 48.4 Å². The summed E-state index contributed by atoms with van der Waals surface area (Å²) in [5.74, 6) is 0.787. The maximum absolute atomic E-state index is 9.53. The summed E-state index contributed by atoms with van der Waals surface area (Å²) in [7, 11) is 1.63. The van der Waals surface area contributed by atoms with E-state index in [1.54, 1.807) is 13.3 Å². The fourth-order valence-corrected chi connectivity index (χ4v) is 2.31. The maximum Gasteiger partial charge on any atom is 0.118 e. The quantitative estimate of drug-likeness (QED) is 0.873. The number of nitrogens with one attached hydrogen (secondary N) is 1. The number of benzene rings is 2. The SMILES string of the molecule is COc1ccc(/C(=C/Nc2cc(C)cc(Cl)c2)CO)cc1. The van der Waals surface area contributed by atoms with Crippen LogP contribution in [0.2, 0.25) is 5.02 Å². The highest BCUT2D eigenvalue weighted by atomic mass is 35.5. The first kappa shape index (κ1) is 15.4. The lowest BCUT2D eigenvalue weighted by Gasteiger charge is -2.08. The van der Waals surface area contributed by atoms with Crippen molar-refractivity contribution in [3.63, 3.8) is 0 Å². The van der Waals surface area contributed by atoms with Crippen LogP contribution in [-0.2, 0) is 0 Å². The van der Waals surface area contributed by atoms with Gasteiger partial charge in [0.2, 0.25) is 0 Å². The number of aryl methyl sites for hydroxylation is 1. The molecule has 21 heavy (non-hydrogen) atoms. The molecular formula is C17H18ClNO2. The number of hydrogen-bond donors (Lipinski definition) is 2. The summed E-state index contributed by atoms with van der Waals surface area (Å²) in [6, 6.07) is 13.3. The highest BCUT2D eigenvalue weighted by Gasteiger charge is 2.02. The van der Waals surface area contributed by atoms with E-state index in [4.69, 9.17) is 16.3 Å². The van der Waals surface area contributed by atoms with E-state index in [1.807, 2.05) is 49.4 Å². The minimum Gasteiger partial charge on any atom is -0.497 e. The van der Waals surface area contributed by atoms with Crippen LogP contribution in [0.25, 0.3) is 5.57 Å². The Hall–Kier alpha value is -1.97. The third-order valence-electron chi connectivity index (χ3n) is 3.09. The molecule has 0 atom stereocenters. The molecule has 0 aliphatic rings. The largest absolute Gasteiger partial charge is 0.497 e. The van der Waals surface area contributed by atoms with Crippen molar-refractivity contribution >= 4 is 22.9 Å².